The standard InChI is InChI=1S/C16H14FN3O5/c1-2-25-16(22)19-11-5-3-10(4-6-11)15(21)18-12-7-8-13(17)14(9-12)20(23)24/h3-9H,2H2,1H3,(H,18,21)(H,19,22). The van der Waals surface area contributed by atoms with Gasteiger partial charge in [0, 0.05) is 23.0 Å². The molecule has 0 unspecified atom stereocenters. The molecule has 0 heterocycles. The van der Waals surface area contributed by atoms with Crippen molar-refractivity contribution in [2.75, 3.05) is 17.2 Å². The van der Waals surface area contributed by atoms with Gasteiger partial charge in [-0.05, 0) is 43.3 Å². The summed E-state index contributed by atoms with van der Waals surface area (Å²) >= 11 is 0. The Kier molecular flexibility index (Phi) is 5.62. The van der Waals surface area contributed by atoms with E-state index in [1.807, 2.05) is 0 Å². The Balaban J connectivity index is 2.07. The summed E-state index contributed by atoms with van der Waals surface area (Å²) in [4.78, 5) is 33.3. The number of carbonyl (C=O) groups excluding carboxylic acids is 2. The van der Waals surface area contributed by atoms with Crippen LogP contribution in [0.25, 0.3) is 0 Å². The van der Waals surface area contributed by atoms with Crippen LogP contribution in [0.1, 0.15) is 17.3 Å². The Labute approximate surface area is 141 Å². The summed E-state index contributed by atoms with van der Waals surface area (Å²) in [5, 5.41) is 15.6. The summed E-state index contributed by atoms with van der Waals surface area (Å²) in [7, 11) is 0. The molecular weight excluding hydrogens is 333 g/mol. The molecule has 25 heavy (non-hydrogen) atoms. The van der Waals surface area contributed by atoms with E-state index in [-0.39, 0.29) is 17.9 Å². The normalized spacial score (nSPS) is 10.0. The minimum atomic E-state index is -0.989. The van der Waals surface area contributed by atoms with Crippen LogP contribution in [0.15, 0.2) is 42.5 Å². The average Bonchev–Trinajstić information content (AvgIpc) is 2.57. The summed E-state index contributed by atoms with van der Waals surface area (Å²) in [5.74, 6) is -1.53. The molecule has 0 saturated heterocycles. The van der Waals surface area contributed by atoms with Gasteiger partial charge >= 0.3 is 11.8 Å². The molecule has 0 aliphatic heterocycles. The first-order valence-electron chi connectivity index (χ1n) is 7.20. The largest absolute Gasteiger partial charge is 0.450 e. The molecule has 2 aromatic rings. The zero-order valence-electron chi connectivity index (χ0n) is 13.1. The van der Waals surface area contributed by atoms with E-state index < -0.39 is 28.4 Å². The first kappa shape index (κ1) is 17.9. The van der Waals surface area contributed by atoms with Crippen LogP contribution in [0, 0.1) is 15.9 Å². The molecule has 0 aliphatic carbocycles. The molecule has 2 aromatic carbocycles. The first-order valence-corrected chi connectivity index (χ1v) is 7.20. The summed E-state index contributed by atoms with van der Waals surface area (Å²) < 4.78 is 18.0. The van der Waals surface area contributed by atoms with Gasteiger partial charge in [0.25, 0.3) is 5.91 Å². The van der Waals surface area contributed by atoms with E-state index in [1.165, 1.54) is 30.3 Å². The quantitative estimate of drug-likeness (QED) is 0.635. The number of hydrogen-bond donors (Lipinski definition) is 2. The predicted octanol–water partition coefficient (Wildman–Crippen LogP) is 3.55. The van der Waals surface area contributed by atoms with Crippen molar-refractivity contribution in [1.82, 2.24) is 0 Å². The van der Waals surface area contributed by atoms with Gasteiger partial charge in [-0.1, -0.05) is 0 Å². The molecule has 0 saturated carbocycles. The molecule has 2 amide bonds. The number of benzene rings is 2. The number of amides is 2. The molecule has 2 N–H and O–H groups in total. The number of halogens is 1. The van der Waals surface area contributed by atoms with Crippen molar-refractivity contribution < 1.29 is 23.6 Å². The summed E-state index contributed by atoms with van der Waals surface area (Å²) in [6, 6.07) is 8.96. The SMILES string of the molecule is CCOC(=O)Nc1ccc(C(=O)Nc2ccc(F)c([N+](=O)[O-])c2)cc1. The third-order valence-electron chi connectivity index (χ3n) is 3.07. The van der Waals surface area contributed by atoms with Gasteiger partial charge in [-0.3, -0.25) is 20.2 Å². The maximum absolute atomic E-state index is 13.3. The summed E-state index contributed by atoms with van der Waals surface area (Å²) in [6.45, 7) is 1.91. The molecule has 2 rings (SSSR count). The zero-order valence-corrected chi connectivity index (χ0v) is 13.1. The fourth-order valence-electron chi connectivity index (χ4n) is 1.92. The lowest BCUT2D eigenvalue weighted by Gasteiger charge is -2.08. The van der Waals surface area contributed by atoms with E-state index in [0.29, 0.717) is 5.69 Å². The number of ether oxygens (including phenoxy) is 1. The van der Waals surface area contributed by atoms with Crippen LogP contribution in [-0.4, -0.2) is 23.5 Å². The lowest BCUT2D eigenvalue weighted by molar-refractivity contribution is -0.387. The fraction of sp³-hybridized carbons (Fsp3) is 0.125. The lowest BCUT2D eigenvalue weighted by atomic mass is 10.2. The van der Waals surface area contributed by atoms with Gasteiger partial charge in [-0.15, -0.1) is 0 Å². The van der Waals surface area contributed by atoms with Crippen molar-refractivity contribution in [2.24, 2.45) is 0 Å². The number of anilines is 2. The van der Waals surface area contributed by atoms with Crippen LogP contribution < -0.4 is 10.6 Å². The minimum Gasteiger partial charge on any atom is -0.450 e. The van der Waals surface area contributed by atoms with Gasteiger partial charge in [0.2, 0.25) is 5.82 Å². The maximum Gasteiger partial charge on any atom is 0.411 e. The number of carbonyl (C=O) groups is 2. The van der Waals surface area contributed by atoms with E-state index in [1.54, 1.807) is 6.92 Å². The Morgan fingerprint density at radius 1 is 1.12 bits per heavy atom. The molecular formula is C16H14FN3O5. The van der Waals surface area contributed by atoms with Gasteiger partial charge in [-0.2, -0.15) is 4.39 Å². The summed E-state index contributed by atoms with van der Waals surface area (Å²) in [5.41, 5.74) is 0.0485. The molecule has 0 atom stereocenters. The molecule has 0 aliphatic rings. The summed E-state index contributed by atoms with van der Waals surface area (Å²) in [6.07, 6.45) is -0.613. The first-order chi connectivity index (χ1) is 11.9. The van der Waals surface area contributed by atoms with Crippen molar-refractivity contribution in [3.8, 4) is 0 Å². The molecule has 9 heteroatoms. The molecule has 0 bridgehead atoms. The number of nitro benzene ring substituents is 1. The molecule has 0 radical (unpaired) electrons. The van der Waals surface area contributed by atoms with Crippen molar-refractivity contribution in [3.05, 3.63) is 64.0 Å². The van der Waals surface area contributed by atoms with Crippen LogP contribution in [0.3, 0.4) is 0 Å². The predicted molar refractivity (Wildman–Crippen MR) is 88.1 cm³/mol. The van der Waals surface area contributed by atoms with Crippen LogP contribution >= 0.6 is 0 Å². The second-order valence-corrected chi connectivity index (χ2v) is 4.80. The number of hydrogen-bond acceptors (Lipinski definition) is 5. The number of nitro groups is 1. The van der Waals surface area contributed by atoms with E-state index in [4.69, 9.17) is 4.74 Å². The van der Waals surface area contributed by atoms with E-state index in [9.17, 15) is 24.1 Å². The van der Waals surface area contributed by atoms with Crippen LogP contribution in [0.4, 0.5) is 26.2 Å². The third-order valence-corrected chi connectivity index (χ3v) is 3.07. The van der Waals surface area contributed by atoms with Crippen molar-refractivity contribution in [1.29, 1.82) is 0 Å². The zero-order chi connectivity index (χ0) is 18.4. The highest BCUT2D eigenvalue weighted by Gasteiger charge is 2.16. The number of nitrogens with one attached hydrogen (secondary N) is 2. The smallest absolute Gasteiger partial charge is 0.411 e. The van der Waals surface area contributed by atoms with Crippen LogP contribution in [0.2, 0.25) is 0 Å². The van der Waals surface area contributed by atoms with Gasteiger partial charge in [-0.25, -0.2) is 4.79 Å². The molecule has 130 valence electrons. The van der Waals surface area contributed by atoms with E-state index in [0.717, 1.165) is 12.1 Å². The molecule has 0 aromatic heterocycles. The molecule has 8 nitrogen and oxygen atoms in total. The lowest BCUT2D eigenvalue weighted by Crippen LogP contribution is -2.14. The third kappa shape index (κ3) is 4.74. The van der Waals surface area contributed by atoms with Crippen molar-refractivity contribution in [2.45, 2.75) is 6.92 Å². The highest BCUT2D eigenvalue weighted by atomic mass is 19.1. The Hall–Kier alpha value is -3.49. The highest BCUT2D eigenvalue weighted by molar-refractivity contribution is 6.04. The van der Waals surface area contributed by atoms with E-state index >= 15 is 0 Å². The van der Waals surface area contributed by atoms with Crippen LogP contribution in [-0.2, 0) is 4.74 Å². The Morgan fingerprint density at radius 3 is 2.36 bits per heavy atom. The Morgan fingerprint density at radius 2 is 1.76 bits per heavy atom. The topological polar surface area (TPSA) is 111 Å². The minimum absolute atomic E-state index is 0.0897. The fourth-order valence-corrected chi connectivity index (χ4v) is 1.92. The molecule has 0 fully saturated rings. The number of rotatable bonds is 5. The Bertz CT molecular complexity index is 808. The second-order valence-electron chi connectivity index (χ2n) is 4.80. The van der Waals surface area contributed by atoms with Crippen molar-refractivity contribution >= 4 is 29.1 Å². The van der Waals surface area contributed by atoms with Gasteiger partial charge in [0.05, 0.1) is 11.5 Å². The highest BCUT2D eigenvalue weighted by Crippen LogP contribution is 2.22. The van der Waals surface area contributed by atoms with E-state index in [2.05, 4.69) is 10.6 Å². The van der Waals surface area contributed by atoms with Gasteiger partial charge in [0.1, 0.15) is 0 Å². The average molecular weight is 347 g/mol. The van der Waals surface area contributed by atoms with Crippen LogP contribution in [0.5, 0.6) is 0 Å². The molecule has 0 spiro atoms. The maximum atomic E-state index is 13.3. The van der Waals surface area contributed by atoms with Gasteiger partial charge < -0.3 is 10.1 Å². The second kappa shape index (κ2) is 7.86. The van der Waals surface area contributed by atoms with Crippen molar-refractivity contribution in [3.63, 3.8) is 0 Å². The van der Waals surface area contributed by atoms with Gasteiger partial charge in [0.15, 0.2) is 0 Å². The monoisotopic (exact) mass is 347 g/mol. The number of nitrogens with zero attached hydrogens (tertiary/aromatic N) is 1.